The molecule has 0 radical (unpaired) electrons. The van der Waals surface area contributed by atoms with E-state index in [1.807, 2.05) is 30.3 Å². The van der Waals surface area contributed by atoms with Gasteiger partial charge in [0, 0.05) is 11.1 Å². The first-order chi connectivity index (χ1) is 15.9. The van der Waals surface area contributed by atoms with Crippen LogP contribution in [0.4, 0.5) is 5.69 Å². The largest absolute Gasteiger partial charge is 0.483 e. The van der Waals surface area contributed by atoms with E-state index < -0.39 is 17.8 Å². The summed E-state index contributed by atoms with van der Waals surface area (Å²) in [5, 5.41) is 15.0. The average Bonchev–Trinajstić information content (AvgIpc) is 3.15. The second-order valence-electron chi connectivity index (χ2n) is 7.14. The number of anilines is 1. The molecule has 2 amide bonds. The third-order valence-electron chi connectivity index (χ3n) is 4.85. The number of carbonyl (C=O) groups is 3. The van der Waals surface area contributed by atoms with Crippen molar-refractivity contribution in [2.45, 2.75) is 0 Å². The predicted molar refractivity (Wildman–Crippen MR) is 123 cm³/mol. The van der Waals surface area contributed by atoms with Crippen LogP contribution < -0.4 is 15.5 Å². The normalized spacial score (nSPS) is 14.3. The van der Waals surface area contributed by atoms with E-state index in [-0.39, 0.29) is 17.7 Å². The number of ether oxygens (including phenoxy) is 1. The molecular weight excluding hydrogens is 422 g/mol. The van der Waals surface area contributed by atoms with Crippen molar-refractivity contribution in [3.05, 3.63) is 101 Å². The summed E-state index contributed by atoms with van der Waals surface area (Å²) in [6.45, 7) is -0.304. The Morgan fingerprint density at radius 3 is 2.45 bits per heavy atom. The van der Waals surface area contributed by atoms with Gasteiger partial charge in [-0.1, -0.05) is 54.6 Å². The van der Waals surface area contributed by atoms with Gasteiger partial charge in [0.1, 0.15) is 11.5 Å². The first-order valence-electron chi connectivity index (χ1n) is 9.98. The molecule has 0 aromatic heterocycles. The lowest BCUT2D eigenvalue weighted by Crippen LogP contribution is -2.22. The maximum Gasteiger partial charge on any atom is 0.335 e. The minimum absolute atomic E-state index is 0.0411. The number of carboxylic acids is 1. The van der Waals surface area contributed by atoms with Gasteiger partial charge in [0.2, 0.25) is 0 Å². The van der Waals surface area contributed by atoms with E-state index in [9.17, 15) is 19.5 Å². The number of hydrogen-bond acceptors (Lipinski definition) is 5. The molecule has 0 aliphatic carbocycles. The summed E-state index contributed by atoms with van der Waals surface area (Å²) in [7, 11) is 0. The van der Waals surface area contributed by atoms with Crippen molar-refractivity contribution in [2.75, 3.05) is 11.6 Å². The fraction of sp³-hybridized carbons (Fsp3) is 0.0400. The molecule has 0 fully saturated rings. The van der Waals surface area contributed by atoms with Gasteiger partial charge >= 0.3 is 5.97 Å². The highest BCUT2D eigenvalue weighted by Gasteiger charge is 2.32. The van der Waals surface area contributed by atoms with Gasteiger partial charge in [-0.2, -0.15) is 10.1 Å². The molecule has 3 aromatic rings. The molecule has 8 nitrogen and oxygen atoms in total. The molecule has 1 aliphatic heterocycles. The van der Waals surface area contributed by atoms with Gasteiger partial charge in [0.05, 0.1) is 16.8 Å². The molecular formula is C25H19N3O5. The van der Waals surface area contributed by atoms with Crippen molar-refractivity contribution in [3.63, 3.8) is 0 Å². The summed E-state index contributed by atoms with van der Waals surface area (Å²) in [4.78, 5) is 36.0. The number of aromatic carboxylic acids is 1. The van der Waals surface area contributed by atoms with Crippen LogP contribution in [0.15, 0.2) is 89.5 Å². The molecule has 3 aromatic carbocycles. The summed E-state index contributed by atoms with van der Waals surface area (Å²) in [5.41, 5.74) is 7.54. The van der Waals surface area contributed by atoms with E-state index in [0.717, 1.165) is 0 Å². The molecule has 0 atom stereocenters. The lowest BCUT2D eigenvalue weighted by molar-refractivity contribution is -0.120. The number of carboxylic acid groups (broad SMARTS) is 1. The number of nitrogens with zero attached hydrogens (tertiary/aromatic N) is 2. The van der Waals surface area contributed by atoms with Crippen molar-refractivity contribution in [1.29, 1.82) is 0 Å². The zero-order valence-electron chi connectivity index (χ0n) is 17.3. The van der Waals surface area contributed by atoms with E-state index in [0.29, 0.717) is 28.3 Å². The second-order valence-corrected chi connectivity index (χ2v) is 7.14. The lowest BCUT2D eigenvalue weighted by atomic mass is 10.00. The number of primary amides is 1. The van der Waals surface area contributed by atoms with E-state index in [1.165, 1.54) is 17.1 Å². The SMILES string of the molecule is NC(=O)COc1ccccc1/C=C1\C(=O)N(c2cccc(C(=O)O)c2)N=C1c1ccccc1. The van der Waals surface area contributed by atoms with Crippen LogP contribution in [0.1, 0.15) is 21.5 Å². The van der Waals surface area contributed by atoms with Gasteiger partial charge in [0.25, 0.3) is 11.8 Å². The van der Waals surface area contributed by atoms with Gasteiger partial charge in [-0.05, 0) is 30.3 Å². The molecule has 0 saturated carbocycles. The van der Waals surface area contributed by atoms with Crippen LogP contribution in [0, 0.1) is 0 Å². The van der Waals surface area contributed by atoms with Crippen LogP contribution in [-0.2, 0) is 9.59 Å². The topological polar surface area (TPSA) is 122 Å². The van der Waals surface area contributed by atoms with Gasteiger partial charge in [-0.25, -0.2) is 4.79 Å². The van der Waals surface area contributed by atoms with Gasteiger partial charge in [-0.3, -0.25) is 9.59 Å². The molecule has 0 spiro atoms. The Hall–Kier alpha value is -4.72. The first-order valence-corrected chi connectivity index (χ1v) is 9.98. The minimum Gasteiger partial charge on any atom is -0.483 e. The molecule has 4 rings (SSSR count). The maximum atomic E-state index is 13.4. The molecule has 33 heavy (non-hydrogen) atoms. The Labute approximate surface area is 189 Å². The van der Waals surface area contributed by atoms with Crippen LogP contribution in [-0.4, -0.2) is 35.2 Å². The molecule has 1 aliphatic rings. The second kappa shape index (κ2) is 9.19. The minimum atomic E-state index is -1.10. The highest BCUT2D eigenvalue weighted by Crippen LogP contribution is 2.30. The Morgan fingerprint density at radius 2 is 1.73 bits per heavy atom. The molecule has 0 saturated heterocycles. The van der Waals surface area contributed by atoms with Crippen LogP contribution >= 0.6 is 0 Å². The van der Waals surface area contributed by atoms with E-state index in [2.05, 4.69) is 5.10 Å². The molecule has 164 valence electrons. The standard InChI is InChI=1S/C25H19N3O5/c26-22(29)15-33-21-12-5-4-9-17(21)14-20-23(16-7-2-1-3-8-16)27-28(24(20)30)19-11-6-10-18(13-19)25(31)32/h1-14H,15H2,(H2,26,29)(H,31,32)/b20-14-. The highest BCUT2D eigenvalue weighted by atomic mass is 16.5. The molecule has 1 heterocycles. The highest BCUT2D eigenvalue weighted by molar-refractivity contribution is 6.37. The van der Waals surface area contributed by atoms with Crippen molar-refractivity contribution in [1.82, 2.24) is 0 Å². The van der Waals surface area contributed by atoms with E-state index in [4.69, 9.17) is 10.5 Å². The smallest absolute Gasteiger partial charge is 0.335 e. The summed E-state index contributed by atoms with van der Waals surface area (Å²) >= 11 is 0. The van der Waals surface area contributed by atoms with Crippen molar-refractivity contribution in [3.8, 4) is 5.75 Å². The Bertz CT molecular complexity index is 1300. The molecule has 3 N–H and O–H groups in total. The number of nitrogens with two attached hydrogens (primary N) is 1. The van der Waals surface area contributed by atoms with E-state index >= 15 is 0 Å². The van der Waals surface area contributed by atoms with Crippen molar-refractivity contribution >= 4 is 35.3 Å². The van der Waals surface area contributed by atoms with Crippen molar-refractivity contribution in [2.24, 2.45) is 10.8 Å². The fourth-order valence-electron chi connectivity index (χ4n) is 3.34. The average molecular weight is 441 g/mol. The summed E-state index contributed by atoms with van der Waals surface area (Å²) in [5.74, 6) is -1.77. The van der Waals surface area contributed by atoms with Gasteiger partial charge < -0.3 is 15.6 Å². The number of hydrazone groups is 1. The third kappa shape index (κ3) is 4.64. The van der Waals surface area contributed by atoms with Gasteiger partial charge in [-0.15, -0.1) is 0 Å². The number of hydrogen-bond donors (Lipinski definition) is 2. The van der Waals surface area contributed by atoms with Crippen LogP contribution in [0.5, 0.6) is 5.75 Å². The van der Waals surface area contributed by atoms with Crippen LogP contribution in [0.3, 0.4) is 0 Å². The molecule has 0 unspecified atom stereocenters. The fourth-order valence-corrected chi connectivity index (χ4v) is 3.34. The maximum absolute atomic E-state index is 13.4. The first kappa shape index (κ1) is 21.5. The zero-order chi connectivity index (χ0) is 23.4. The van der Waals surface area contributed by atoms with Gasteiger partial charge in [0.15, 0.2) is 6.61 Å². The predicted octanol–water partition coefficient (Wildman–Crippen LogP) is 3.08. The summed E-state index contributed by atoms with van der Waals surface area (Å²) in [6, 6.07) is 22.1. The Balaban J connectivity index is 1.80. The number of carbonyl (C=O) groups excluding carboxylic acids is 2. The number of amides is 2. The lowest BCUT2D eigenvalue weighted by Gasteiger charge is -2.12. The quantitative estimate of drug-likeness (QED) is 0.546. The van der Waals surface area contributed by atoms with Crippen LogP contribution in [0.2, 0.25) is 0 Å². The molecule has 8 heteroatoms. The Morgan fingerprint density at radius 1 is 1.00 bits per heavy atom. The molecule has 0 bridgehead atoms. The van der Waals surface area contributed by atoms with Crippen molar-refractivity contribution < 1.29 is 24.2 Å². The Kier molecular flexibility index (Phi) is 5.99. The summed E-state index contributed by atoms with van der Waals surface area (Å²) in [6.07, 6.45) is 1.63. The zero-order valence-corrected chi connectivity index (χ0v) is 17.3. The number of para-hydroxylation sites is 1. The third-order valence-corrected chi connectivity index (χ3v) is 4.85. The monoisotopic (exact) mass is 441 g/mol. The number of benzene rings is 3. The summed E-state index contributed by atoms with van der Waals surface area (Å²) < 4.78 is 5.49. The van der Waals surface area contributed by atoms with E-state index in [1.54, 1.807) is 42.5 Å². The van der Waals surface area contributed by atoms with Crippen LogP contribution in [0.25, 0.3) is 6.08 Å². The number of rotatable bonds is 7.